The van der Waals surface area contributed by atoms with Gasteiger partial charge in [-0.3, -0.25) is 14.5 Å². The van der Waals surface area contributed by atoms with Gasteiger partial charge in [0.05, 0.1) is 6.04 Å². The molecule has 142 valence electrons. The van der Waals surface area contributed by atoms with Crippen LogP contribution in [0.25, 0.3) is 0 Å². The molecule has 27 heavy (non-hydrogen) atoms. The number of anilines is 1. The summed E-state index contributed by atoms with van der Waals surface area (Å²) in [7, 11) is 0. The number of amides is 2. The van der Waals surface area contributed by atoms with Crippen molar-refractivity contribution in [1.82, 2.24) is 4.90 Å². The highest BCUT2D eigenvalue weighted by Gasteiger charge is 2.28. The third-order valence-electron chi connectivity index (χ3n) is 4.45. The summed E-state index contributed by atoms with van der Waals surface area (Å²) in [6, 6.07) is 12.8. The zero-order valence-electron chi connectivity index (χ0n) is 14.9. The van der Waals surface area contributed by atoms with Gasteiger partial charge in [-0.05, 0) is 49.2 Å². The number of nitrogens with two attached hydrogens (primary N) is 1. The largest absolute Gasteiger partial charge is 0.484 e. The number of benzene rings is 2. The maximum atomic E-state index is 13.1. The van der Waals surface area contributed by atoms with Crippen molar-refractivity contribution in [2.75, 3.05) is 18.5 Å². The number of nitrogens with zero attached hydrogens (tertiary/aromatic N) is 1. The standard InChI is InChI=1S/C20H22FN3O3/c21-15-5-2-7-17(11-15)27-13-19(25)23-16-6-1-4-14(10-16)12-24-9-3-8-18(24)20(22)26/h1-2,4-7,10-11,18H,3,8-9,12-13H2,(H2,22,26)(H,23,25)/t18-/m0/s1. The summed E-state index contributed by atoms with van der Waals surface area (Å²) < 4.78 is 18.4. The highest BCUT2D eigenvalue weighted by atomic mass is 19.1. The quantitative estimate of drug-likeness (QED) is 0.782. The van der Waals surface area contributed by atoms with E-state index in [9.17, 15) is 14.0 Å². The maximum Gasteiger partial charge on any atom is 0.262 e. The molecule has 3 rings (SSSR count). The van der Waals surface area contributed by atoms with E-state index < -0.39 is 5.82 Å². The molecule has 1 aliphatic rings. The third-order valence-corrected chi connectivity index (χ3v) is 4.45. The van der Waals surface area contributed by atoms with Crippen LogP contribution >= 0.6 is 0 Å². The third kappa shape index (κ3) is 5.27. The van der Waals surface area contributed by atoms with Crippen LogP contribution < -0.4 is 15.8 Å². The molecule has 1 atom stereocenters. The lowest BCUT2D eigenvalue weighted by atomic mass is 10.1. The number of carbonyl (C=O) groups excluding carboxylic acids is 2. The molecule has 1 heterocycles. The Labute approximate surface area is 157 Å². The van der Waals surface area contributed by atoms with Crippen molar-refractivity contribution >= 4 is 17.5 Å². The van der Waals surface area contributed by atoms with E-state index in [4.69, 9.17) is 10.5 Å². The SMILES string of the molecule is NC(=O)[C@@H]1CCCN1Cc1cccc(NC(=O)COc2cccc(F)c2)c1. The van der Waals surface area contributed by atoms with Gasteiger partial charge in [0.2, 0.25) is 5.91 Å². The van der Waals surface area contributed by atoms with E-state index in [0.29, 0.717) is 18.0 Å². The average Bonchev–Trinajstić information content (AvgIpc) is 3.09. The topological polar surface area (TPSA) is 84.7 Å². The number of primary amides is 1. The molecule has 2 aromatic carbocycles. The molecule has 0 aliphatic carbocycles. The molecule has 1 saturated heterocycles. The van der Waals surface area contributed by atoms with Crippen LogP contribution in [0.2, 0.25) is 0 Å². The minimum absolute atomic E-state index is 0.219. The highest BCUT2D eigenvalue weighted by molar-refractivity contribution is 5.91. The molecule has 0 radical (unpaired) electrons. The Morgan fingerprint density at radius 1 is 1.22 bits per heavy atom. The van der Waals surface area contributed by atoms with E-state index >= 15 is 0 Å². The number of likely N-dealkylation sites (tertiary alicyclic amines) is 1. The zero-order valence-corrected chi connectivity index (χ0v) is 14.9. The molecule has 7 heteroatoms. The molecule has 1 aliphatic heterocycles. The molecule has 1 fully saturated rings. The van der Waals surface area contributed by atoms with Crippen LogP contribution in [-0.4, -0.2) is 35.9 Å². The van der Waals surface area contributed by atoms with E-state index in [0.717, 1.165) is 24.9 Å². The average molecular weight is 371 g/mol. The number of hydrogen-bond donors (Lipinski definition) is 2. The summed E-state index contributed by atoms with van der Waals surface area (Å²) in [5, 5.41) is 2.76. The van der Waals surface area contributed by atoms with Gasteiger partial charge >= 0.3 is 0 Å². The minimum Gasteiger partial charge on any atom is -0.484 e. The van der Waals surface area contributed by atoms with Gasteiger partial charge in [0.15, 0.2) is 6.61 Å². The molecule has 3 N–H and O–H groups in total. The van der Waals surface area contributed by atoms with E-state index in [2.05, 4.69) is 10.2 Å². The summed E-state index contributed by atoms with van der Waals surface area (Å²) in [5.41, 5.74) is 7.07. The van der Waals surface area contributed by atoms with Crippen LogP contribution in [0.3, 0.4) is 0 Å². The molecule has 6 nitrogen and oxygen atoms in total. The Balaban J connectivity index is 1.55. The first-order valence-electron chi connectivity index (χ1n) is 8.82. The second-order valence-electron chi connectivity index (χ2n) is 6.53. The minimum atomic E-state index is -0.420. The summed E-state index contributed by atoms with van der Waals surface area (Å²) in [5.74, 6) is -0.763. The molecule has 0 aromatic heterocycles. The van der Waals surface area contributed by atoms with Gasteiger partial charge < -0.3 is 15.8 Å². The lowest BCUT2D eigenvalue weighted by Crippen LogP contribution is -2.39. The Bertz CT molecular complexity index is 828. The van der Waals surface area contributed by atoms with Crippen molar-refractivity contribution in [3.8, 4) is 5.75 Å². The summed E-state index contributed by atoms with van der Waals surface area (Å²) in [4.78, 5) is 25.6. The number of halogens is 1. The first kappa shape index (κ1) is 18.8. The highest BCUT2D eigenvalue weighted by Crippen LogP contribution is 2.21. The van der Waals surface area contributed by atoms with Gasteiger partial charge in [-0.25, -0.2) is 4.39 Å². The maximum absolute atomic E-state index is 13.1. The summed E-state index contributed by atoms with van der Waals surface area (Å²) in [6.07, 6.45) is 1.73. The molecule has 0 spiro atoms. The van der Waals surface area contributed by atoms with Crippen LogP contribution in [-0.2, 0) is 16.1 Å². The van der Waals surface area contributed by atoms with E-state index in [1.54, 1.807) is 12.1 Å². The lowest BCUT2D eigenvalue weighted by molar-refractivity contribution is -0.122. The van der Waals surface area contributed by atoms with Crippen molar-refractivity contribution in [1.29, 1.82) is 0 Å². The molecule has 0 saturated carbocycles. The first-order valence-corrected chi connectivity index (χ1v) is 8.82. The fourth-order valence-corrected chi connectivity index (χ4v) is 3.22. The van der Waals surface area contributed by atoms with Gasteiger partial charge in [0, 0.05) is 18.3 Å². The molecule has 0 unspecified atom stereocenters. The van der Waals surface area contributed by atoms with Crippen molar-refractivity contribution < 1.29 is 18.7 Å². The zero-order chi connectivity index (χ0) is 19.2. The van der Waals surface area contributed by atoms with Crippen LogP contribution in [0.5, 0.6) is 5.75 Å². The van der Waals surface area contributed by atoms with Gasteiger partial charge in [0.1, 0.15) is 11.6 Å². The van der Waals surface area contributed by atoms with Crippen molar-refractivity contribution in [3.63, 3.8) is 0 Å². The second kappa shape index (κ2) is 8.64. The second-order valence-corrected chi connectivity index (χ2v) is 6.53. The van der Waals surface area contributed by atoms with Crippen LogP contribution in [0.15, 0.2) is 48.5 Å². The van der Waals surface area contributed by atoms with Gasteiger partial charge in [-0.2, -0.15) is 0 Å². The van der Waals surface area contributed by atoms with Crippen molar-refractivity contribution in [3.05, 3.63) is 59.9 Å². The van der Waals surface area contributed by atoms with E-state index in [1.807, 2.05) is 18.2 Å². The molecule has 2 aromatic rings. The Hall–Kier alpha value is -2.93. The van der Waals surface area contributed by atoms with Crippen molar-refractivity contribution in [2.45, 2.75) is 25.4 Å². The van der Waals surface area contributed by atoms with Crippen LogP contribution in [0.1, 0.15) is 18.4 Å². The smallest absolute Gasteiger partial charge is 0.262 e. The fraction of sp³-hybridized carbons (Fsp3) is 0.300. The van der Waals surface area contributed by atoms with Gasteiger partial charge in [-0.1, -0.05) is 18.2 Å². The molecular weight excluding hydrogens is 349 g/mol. The Morgan fingerprint density at radius 2 is 2.04 bits per heavy atom. The van der Waals surface area contributed by atoms with Gasteiger partial charge in [-0.15, -0.1) is 0 Å². The Kier molecular flexibility index (Phi) is 6.03. The fourth-order valence-electron chi connectivity index (χ4n) is 3.22. The van der Waals surface area contributed by atoms with Crippen LogP contribution in [0, 0.1) is 5.82 Å². The number of hydrogen-bond acceptors (Lipinski definition) is 4. The predicted molar refractivity (Wildman–Crippen MR) is 99.6 cm³/mol. The number of nitrogens with one attached hydrogen (secondary N) is 1. The predicted octanol–water partition coefficient (Wildman–Crippen LogP) is 2.29. The van der Waals surface area contributed by atoms with E-state index in [1.165, 1.54) is 18.2 Å². The van der Waals surface area contributed by atoms with Crippen LogP contribution in [0.4, 0.5) is 10.1 Å². The number of rotatable bonds is 7. The van der Waals surface area contributed by atoms with Crippen molar-refractivity contribution in [2.24, 2.45) is 5.73 Å². The monoisotopic (exact) mass is 371 g/mol. The van der Waals surface area contributed by atoms with Gasteiger partial charge in [0.25, 0.3) is 5.91 Å². The molecule has 2 amide bonds. The normalized spacial score (nSPS) is 16.9. The molecular formula is C20H22FN3O3. The lowest BCUT2D eigenvalue weighted by Gasteiger charge is -2.22. The number of carbonyl (C=O) groups is 2. The number of ether oxygens (including phenoxy) is 1. The van der Waals surface area contributed by atoms with E-state index in [-0.39, 0.29) is 24.5 Å². The summed E-state index contributed by atoms with van der Waals surface area (Å²) in [6.45, 7) is 1.20. The Morgan fingerprint density at radius 3 is 2.81 bits per heavy atom. The molecule has 0 bridgehead atoms. The first-order chi connectivity index (χ1) is 13.0. The summed E-state index contributed by atoms with van der Waals surface area (Å²) >= 11 is 0.